The zero-order chi connectivity index (χ0) is 10.5. The Bertz CT molecular complexity index is 392. The van der Waals surface area contributed by atoms with Gasteiger partial charge in [-0.2, -0.15) is 0 Å². The molecular weight excluding hydrogens is 184 g/mol. The number of hydrogen-bond acceptors (Lipinski definition) is 1. The van der Waals surface area contributed by atoms with Crippen LogP contribution in [0.2, 0.25) is 0 Å². The van der Waals surface area contributed by atoms with Gasteiger partial charge in [-0.1, -0.05) is 24.6 Å². The van der Waals surface area contributed by atoms with Crippen molar-refractivity contribution < 1.29 is 4.74 Å². The Hall–Kier alpha value is -0.980. The summed E-state index contributed by atoms with van der Waals surface area (Å²) in [5.74, 6) is 2.02. The van der Waals surface area contributed by atoms with Crippen LogP contribution in [-0.4, -0.2) is 6.61 Å². The highest BCUT2D eigenvalue weighted by Gasteiger charge is 2.44. The van der Waals surface area contributed by atoms with E-state index in [0.29, 0.717) is 5.41 Å². The van der Waals surface area contributed by atoms with Crippen molar-refractivity contribution in [2.75, 3.05) is 6.61 Å². The standard InChI is InChI=1S/C14H18O/c1-10-3-6-13-11(7-10)8-14(2,9-15-13)12-4-5-12/h3,6-7,12H,4-5,8-9H2,1-2H3. The molecule has 0 spiro atoms. The van der Waals surface area contributed by atoms with Crippen LogP contribution in [0.4, 0.5) is 0 Å². The van der Waals surface area contributed by atoms with E-state index in [1.807, 2.05) is 0 Å². The molecule has 1 heterocycles. The number of hydrogen-bond donors (Lipinski definition) is 0. The lowest BCUT2D eigenvalue weighted by Crippen LogP contribution is -2.33. The van der Waals surface area contributed by atoms with Gasteiger partial charge in [0, 0.05) is 5.41 Å². The molecule has 0 saturated heterocycles. The summed E-state index contributed by atoms with van der Waals surface area (Å²) in [6.07, 6.45) is 4.01. The van der Waals surface area contributed by atoms with Gasteiger partial charge in [-0.25, -0.2) is 0 Å². The molecule has 2 aliphatic rings. The van der Waals surface area contributed by atoms with Gasteiger partial charge in [0.15, 0.2) is 0 Å². The van der Waals surface area contributed by atoms with Crippen molar-refractivity contribution in [3.8, 4) is 5.75 Å². The normalized spacial score (nSPS) is 29.5. The van der Waals surface area contributed by atoms with Crippen LogP contribution >= 0.6 is 0 Å². The van der Waals surface area contributed by atoms with Gasteiger partial charge in [0.25, 0.3) is 0 Å². The lowest BCUT2D eigenvalue weighted by molar-refractivity contribution is 0.115. The largest absolute Gasteiger partial charge is 0.493 e. The van der Waals surface area contributed by atoms with Gasteiger partial charge in [-0.05, 0) is 43.7 Å². The van der Waals surface area contributed by atoms with E-state index < -0.39 is 0 Å². The summed E-state index contributed by atoms with van der Waals surface area (Å²) in [4.78, 5) is 0. The molecule has 1 aromatic rings. The lowest BCUT2D eigenvalue weighted by atomic mass is 9.78. The summed E-state index contributed by atoms with van der Waals surface area (Å²) in [5.41, 5.74) is 3.16. The minimum absolute atomic E-state index is 0.404. The summed E-state index contributed by atoms with van der Waals surface area (Å²) >= 11 is 0. The number of fused-ring (bicyclic) bond motifs is 1. The molecule has 0 bridgehead atoms. The fourth-order valence-electron chi connectivity index (χ4n) is 2.76. The van der Waals surface area contributed by atoms with E-state index in [2.05, 4.69) is 32.0 Å². The molecule has 1 aromatic carbocycles. The predicted molar refractivity (Wildman–Crippen MR) is 61.2 cm³/mol. The molecule has 15 heavy (non-hydrogen) atoms. The quantitative estimate of drug-likeness (QED) is 0.678. The van der Waals surface area contributed by atoms with Gasteiger partial charge in [0.05, 0.1) is 6.61 Å². The number of ether oxygens (including phenoxy) is 1. The third kappa shape index (κ3) is 1.54. The topological polar surface area (TPSA) is 9.23 Å². The smallest absolute Gasteiger partial charge is 0.122 e. The van der Waals surface area contributed by atoms with Crippen molar-refractivity contribution in [2.24, 2.45) is 11.3 Å². The van der Waals surface area contributed by atoms with Crippen molar-refractivity contribution in [3.05, 3.63) is 29.3 Å². The molecule has 1 saturated carbocycles. The second kappa shape index (κ2) is 3.01. The van der Waals surface area contributed by atoms with Crippen LogP contribution in [0.15, 0.2) is 18.2 Å². The van der Waals surface area contributed by atoms with Crippen molar-refractivity contribution in [3.63, 3.8) is 0 Å². The minimum Gasteiger partial charge on any atom is -0.493 e. The highest BCUT2D eigenvalue weighted by Crippen LogP contribution is 2.50. The average Bonchev–Trinajstić information content (AvgIpc) is 3.00. The molecule has 1 aliphatic carbocycles. The van der Waals surface area contributed by atoms with Gasteiger partial charge < -0.3 is 4.74 Å². The molecule has 1 heteroatoms. The first-order valence-electron chi connectivity index (χ1n) is 5.90. The lowest BCUT2D eigenvalue weighted by Gasteiger charge is -2.35. The Kier molecular flexibility index (Phi) is 1.86. The minimum atomic E-state index is 0.404. The van der Waals surface area contributed by atoms with E-state index >= 15 is 0 Å². The molecule has 0 amide bonds. The highest BCUT2D eigenvalue weighted by molar-refractivity contribution is 5.39. The Morgan fingerprint density at radius 1 is 1.33 bits per heavy atom. The summed E-state index contributed by atoms with van der Waals surface area (Å²) in [7, 11) is 0. The molecule has 80 valence electrons. The Balaban J connectivity index is 1.94. The van der Waals surface area contributed by atoms with E-state index in [0.717, 1.165) is 18.3 Å². The van der Waals surface area contributed by atoms with E-state index in [9.17, 15) is 0 Å². The predicted octanol–water partition coefficient (Wildman–Crippen LogP) is 3.35. The fourth-order valence-corrected chi connectivity index (χ4v) is 2.76. The van der Waals surface area contributed by atoms with Crippen LogP contribution in [0, 0.1) is 18.3 Å². The van der Waals surface area contributed by atoms with Crippen LogP contribution < -0.4 is 4.74 Å². The Morgan fingerprint density at radius 2 is 2.13 bits per heavy atom. The second-order valence-electron chi connectivity index (χ2n) is 5.50. The number of aryl methyl sites for hydroxylation is 1. The molecular formula is C14H18O. The maximum Gasteiger partial charge on any atom is 0.122 e. The van der Waals surface area contributed by atoms with Crippen molar-refractivity contribution in [1.82, 2.24) is 0 Å². The highest BCUT2D eigenvalue weighted by atomic mass is 16.5. The van der Waals surface area contributed by atoms with Crippen LogP contribution in [0.3, 0.4) is 0 Å². The second-order valence-corrected chi connectivity index (χ2v) is 5.50. The third-order valence-electron chi connectivity index (χ3n) is 3.93. The summed E-state index contributed by atoms with van der Waals surface area (Å²) < 4.78 is 5.90. The first kappa shape index (κ1) is 9.26. The maximum atomic E-state index is 5.90. The maximum absolute atomic E-state index is 5.90. The molecule has 1 nitrogen and oxygen atoms in total. The van der Waals surface area contributed by atoms with Gasteiger partial charge in [0.1, 0.15) is 5.75 Å². The van der Waals surface area contributed by atoms with E-state index in [-0.39, 0.29) is 0 Å². The van der Waals surface area contributed by atoms with Crippen LogP contribution in [0.5, 0.6) is 5.75 Å². The molecule has 1 fully saturated rings. The summed E-state index contributed by atoms with van der Waals surface area (Å²) in [6.45, 7) is 5.45. The van der Waals surface area contributed by atoms with E-state index in [1.165, 1.54) is 30.4 Å². The first-order chi connectivity index (χ1) is 7.17. The molecule has 1 aliphatic heterocycles. The SMILES string of the molecule is Cc1ccc2c(c1)CC(C)(C1CC1)CO2. The summed E-state index contributed by atoms with van der Waals surface area (Å²) in [5, 5.41) is 0. The Morgan fingerprint density at radius 3 is 2.87 bits per heavy atom. The van der Waals surface area contributed by atoms with Crippen LogP contribution in [-0.2, 0) is 6.42 Å². The number of rotatable bonds is 1. The van der Waals surface area contributed by atoms with Crippen LogP contribution in [0.25, 0.3) is 0 Å². The zero-order valence-electron chi connectivity index (χ0n) is 9.55. The van der Waals surface area contributed by atoms with E-state index in [4.69, 9.17) is 4.74 Å². The molecule has 1 unspecified atom stereocenters. The van der Waals surface area contributed by atoms with Crippen LogP contribution in [0.1, 0.15) is 30.9 Å². The van der Waals surface area contributed by atoms with E-state index in [1.54, 1.807) is 0 Å². The summed E-state index contributed by atoms with van der Waals surface area (Å²) in [6, 6.07) is 6.55. The fraction of sp³-hybridized carbons (Fsp3) is 0.571. The van der Waals surface area contributed by atoms with Gasteiger partial charge in [-0.3, -0.25) is 0 Å². The Labute approximate surface area is 91.5 Å². The van der Waals surface area contributed by atoms with Crippen molar-refractivity contribution in [2.45, 2.75) is 33.1 Å². The first-order valence-corrected chi connectivity index (χ1v) is 5.90. The monoisotopic (exact) mass is 202 g/mol. The molecule has 3 rings (SSSR count). The van der Waals surface area contributed by atoms with Crippen molar-refractivity contribution in [1.29, 1.82) is 0 Å². The van der Waals surface area contributed by atoms with Gasteiger partial charge in [-0.15, -0.1) is 0 Å². The number of benzene rings is 1. The molecule has 1 atom stereocenters. The molecule has 0 aromatic heterocycles. The average molecular weight is 202 g/mol. The molecule has 0 N–H and O–H groups in total. The zero-order valence-corrected chi connectivity index (χ0v) is 9.55. The third-order valence-corrected chi connectivity index (χ3v) is 3.93. The molecule has 0 radical (unpaired) electrons. The van der Waals surface area contributed by atoms with Crippen molar-refractivity contribution >= 4 is 0 Å². The van der Waals surface area contributed by atoms with Gasteiger partial charge >= 0.3 is 0 Å². The van der Waals surface area contributed by atoms with Gasteiger partial charge in [0.2, 0.25) is 0 Å².